The molecule has 1 aliphatic heterocycles. The zero-order valence-electron chi connectivity index (χ0n) is 11.0. The molecule has 1 aromatic carbocycles. The number of ether oxygens (including phenoxy) is 1. The summed E-state index contributed by atoms with van der Waals surface area (Å²) in [5, 5.41) is 0.466. The Morgan fingerprint density at radius 1 is 1.40 bits per heavy atom. The lowest BCUT2D eigenvalue weighted by atomic mass is 9.96. The summed E-state index contributed by atoms with van der Waals surface area (Å²) in [6.07, 6.45) is 0.159. The van der Waals surface area contributed by atoms with Gasteiger partial charge in [0.25, 0.3) is 5.91 Å². The van der Waals surface area contributed by atoms with Crippen molar-refractivity contribution in [2.75, 3.05) is 20.2 Å². The number of ketones is 1. The highest BCUT2D eigenvalue weighted by molar-refractivity contribution is 6.31. The van der Waals surface area contributed by atoms with Crippen molar-refractivity contribution in [1.29, 1.82) is 0 Å². The van der Waals surface area contributed by atoms with E-state index >= 15 is 0 Å². The second-order valence-corrected chi connectivity index (χ2v) is 4.99. The van der Waals surface area contributed by atoms with Gasteiger partial charge in [-0.2, -0.15) is 0 Å². The molecule has 1 heterocycles. The molecule has 1 amide bonds. The van der Waals surface area contributed by atoms with E-state index in [0.717, 1.165) is 0 Å². The van der Waals surface area contributed by atoms with Gasteiger partial charge in [-0.3, -0.25) is 14.4 Å². The van der Waals surface area contributed by atoms with E-state index in [4.69, 9.17) is 11.6 Å². The highest BCUT2D eigenvalue weighted by atomic mass is 35.5. The number of esters is 1. The standard InChI is InChI=1S/C14H14ClNO4/c1-20-14(19)11-8-16(6-5-12(11)17)13(18)9-3-2-4-10(15)7-9/h2-4,7,11H,5-6,8H2,1H3. The molecule has 0 aromatic heterocycles. The van der Waals surface area contributed by atoms with Crippen molar-refractivity contribution in [3.8, 4) is 0 Å². The maximum absolute atomic E-state index is 12.3. The van der Waals surface area contributed by atoms with Gasteiger partial charge in [-0.25, -0.2) is 0 Å². The Hall–Kier alpha value is -1.88. The Morgan fingerprint density at radius 2 is 2.15 bits per heavy atom. The van der Waals surface area contributed by atoms with Crippen LogP contribution in [0.1, 0.15) is 16.8 Å². The van der Waals surface area contributed by atoms with E-state index in [1.807, 2.05) is 0 Å². The first-order valence-corrected chi connectivity index (χ1v) is 6.56. The van der Waals surface area contributed by atoms with E-state index in [1.54, 1.807) is 24.3 Å². The Kier molecular flexibility index (Phi) is 4.39. The maximum atomic E-state index is 12.3. The average molecular weight is 296 g/mol. The van der Waals surface area contributed by atoms with Gasteiger partial charge in [0, 0.05) is 30.1 Å². The molecule has 1 atom stereocenters. The lowest BCUT2D eigenvalue weighted by Gasteiger charge is -2.30. The molecule has 1 saturated heterocycles. The number of Topliss-reactive ketones (excluding diaryl/α,β-unsaturated/α-hetero) is 1. The molecule has 0 radical (unpaired) electrons. The van der Waals surface area contributed by atoms with Gasteiger partial charge in [-0.15, -0.1) is 0 Å². The van der Waals surface area contributed by atoms with Crippen molar-refractivity contribution in [3.05, 3.63) is 34.9 Å². The smallest absolute Gasteiger partial charge is 0.318 e. The number of carbonyl (C=O) groups is 3. The van der Waals surface area contributed by atoms with Gasteiger partial charge >= 0.3 is 5.97 Å². The summed E-state index contributed by atoms with van der Waals surface area (Å²) in [6, 6.07) is 6.57. The number of piperidine rings is 1. The maximum Gasteiger partial charge on any atom is 0.318 e. The second kappa shape index (κ2) is 6.05. The number of amides is 1. The third-order valence-electron chi connectivity index (χ3n) is 3.26. The lowest BCUT2D eigenvalue weighted by molar-refractivity contribution is -0.151. The number of halogens is 1. The molecule has 1 aliphatic rings. The summed E-state index contributed by atoms with van der Waals surface area (Å²) >= 11 is 5.85. The van der Waals surface area contributed by atoms with Crippen molar-refractivity contribution in [2.24, 2.45) is 5.92 Å². The number of carbonyl (C=O) groups excluding carboxylic acids is 3. The molecule has 20 heavy (non-hydrogen) atoms. The third-order valence-corrected chi connectivity index (χ3v) is 3.50. The van der Waals surface area contributed by atoms with Crippen LogP contribution in [-0.4, -0.2) is 42.8 Å². The van der Waals surface area contributed by atoms with Crippen LogP contribution in [0.2, 0.25) is 5.02 Å². The number of benzene rings is 1. The Morgan fingerprint density at radius 3 is 2.80 bits per heavy atom. The molecule has 106 valence electrons. The van der Waals surface area contributed by atoms with Crippen molar-refractivity contribution in [2.45, 2.75) is 6.42 Å². The van der Waals surface area contributed by atoms with Crippen LogP contribution in [0.3, 0.4) is 0 Å². The van der Waals surface area contributed by atoms with E-state index in [1.165, 1.54) is 12.0 Å². The molecular weight excluding hydrogens is 282 g/mol. The minimum absolute atomic E-state index is 0.0524. The topological polar surface area (TPSA) is 63.7 Å². The fourth-order valence-electron chi connectivity index (χ4n) is 2.17. The average Bonchev–Trinajstić information content (AvgIpc) is 2.46. The first-order valence-electron chi connectivity index (χ1n) is 6.18. The van der Waals surface area contributed by atoms with Crippen molar-refractivity contribution in [1.82, 2.24) is 4.90 Å². The third kappa shape index (κ3) is 2.99. The molecule has 1 unspecified atom stereocenters. The van der Waals surface area contributed by atoms with Crippen molar-refractivity contribution in [3.63, 3.8) is 0 Å². The number of likely N-dealkylation sites (tertiary alicyclic amines) is 1. The highest BCUT2D eigenvalue weighted by Gasteiger charge is 2.35. The SMILES string of the molecule is COC(=O)C1CN(C(=O)c2cccc(Cl)c2)CCC1=O. The van der Waals surface area contributed by atoms with Gasteiger partial charge in [0.2, 0.25) is 0 Å². The Balaban J connectivity index is 2.15. The normalized spacial score (nSPS) is 18.8. The molecule has 1 fully saturated rings. The molecule has 1 aromatic rings. The largest absolute Gasteiger partial charge is 0.468 e. The fraction of sp³-hybridized carbons (Fsp3) is 0.357. The zero-order chi connectivity index (χ0) is 14.7. The minimum Gasteiger partial charge on any atom is -0.468 e. The molecule has 0 bridgehead atoms. The van der Waals surface area contributed by atoms with E-state index < -0.39 is 11.9 Å². The summed E-state index contributed by atoms with van der Waals surface area (Å²) in [4.78, 5) is 37.0. The lowest BCUT2D eigenvalue weighted by Crippen LogP contribution is -2.47. The summed E-state index contributed by atoms with van der Waals surface area (Å²) in [7, 11) is 1.23. The molecule has 2 rings (SSSR count). The van der Waals surface area contributed by atoms with E-state index in [-0.39, 0.29) is 24.7 Å². The van der Waals surface area contributed by atoms with Crippen molar-refractivity contribution < 1.29 is 19.1 Å². The highest BCUT2D eigenvalue weighted by Crippen LogP contribution is 2.18. The number of hydrogen-bond donors (Lipinski definition) is 0. The zero-order valence-corrected chi connectivity index (χ0v) is 11.7. The fourth-order valence-corrected chi connectivity index (χ4v) is 2.36. The quantitative estimate of drug-likeness (QED) is 0.613. The van der Waals surface area contributed by atoms with Crippen LogP contribution in [0.5, 0.6) is 0 Å². The molecule has 6 heteroatoms. The summed E-state index contributed by atoms with van der Waals surface area (Å²) in [5.74, 6) is -1.92. The monoisotopic (exact) mass is 295 g/mol. The molecule has 0 N–H and O–H groups in total. The predicted molar refractivity (Wildman–Crippen MR) is 72.5 cm³/mol. The number of nitrogens with zero attached hydrogens (tertiary/aromatic N) is 1. The van der Waals surface area contributed by atoms with Gasteiger partial charge in [0.15, 0.2) is 5.78 Å². The van der Waals surface area contributed by atoms with E-state index in [0.29, 0.717) is 17.1 Å². The molecule has 0 spiro atoms. The van der Waals surface area contributed by atoms with E-state index in [2.05, 4.69) is 4.74 Å². The first-order chi connectivity index (χ1) is 9.52. The Bertz CT molecular complexity index is 550. The number of rotatable bonds is 2. The predicted octanol–water partition coefficient (Wildman–Crippen LogP) is 1.54. The van der Waals surface area contributed by atoms with Crippen molar-refractivity contribution >= 4 is 29.3 Å². The van der Waals surface area contributed by atoms with Crippen LogP contribution in [0, 0.1) is 5.92 Å². The second-order valence-electron chi connectivity index (χ2n) is 4.55. The number of methoxy groups -OCH3 is 1. The van der Waals surface area contributed by atoms with Gasteiger partial charge < -0.3 is 9.64 Å². The van der Waals surface area contributed by atoms with E-state index in [9.17, 15) is 14.4 Å². The van der Waals surface area contributed by atoms with Crippen LogP contribution in [0.25, 0.3) is 0 Å². The number of hydrogen-bond acceptors (Lipinski definition) is 4. The van der Waals surface area contributed by atoms with Gasteiger partial charge in [-0.05, 0) is 18.2 Å². The Labute approximate surface area is 121 Å². The van der Waals surface area contributed by atoms with Crippen LogP contribution >= 0.6 is 11.6 Å². The van der Waals surface area contributed by atoms with Crippen LogP contribution in [0.15, 0.2) is 24.3 Å². The van der Waals surface area contributed by atoms with Gasteiger partial charge in [-0.1, -0.05) is 17.7 Å². The molecule has 0 saturated carbocycles. The molecule has 0 aliphatic carbocycles. The van der Waals surface area contributed by atoms with Crippen LogP contribution in [0.4, 0.5) is 0 Å². The van der Waals surface area contributed by atoms with Crippen LogP contribution in [-0.2, 0) is 14.3 Å². The van der Waals surface area contributed by atoms with Gasteiger partial charge in [0.05, 0.1) is 7.11 Å². The minimum atomic E-state index is -0.892. The van der Waals surface area contributed by atoms with Crippen LogP contribution < -0.4 is 0 Å². The summed E-state index contributed by atoms with van der Waals surface area (Å²) < 4.78 is 4.59. The summed E-state index contributed by atoms with van der Waals surface area (Å²) in [6.45, 7) is 0.356. The van der Waals surface area contributed by atoms with Gasteiger partial charge in [0.1, 0.15) is 5.92 Å². The first kappa shape index (κ1) is 14.5. The molecule has 5 nitrogen and oxygen atoms in total. The summed E-state index contributed by atoms with van der Waals surface area (Å²) in [5.41, 5.74) is 0.440. The molecular formula is C14H14ClNO4.